The summed E-state index contributed by atoms with van der Waals surface area (Å²) in [4.78, 5) is 34.5. The molecule has 0 saturated heterocycles. The normalized spacial score (nSPS) is 10.2. The number of amides is 1. The second-order valence-corrected chi connectivity index (χ2v) is 5.76. The van der Waals surface area contributed by atoms with Gasteiger partial charge in [0, 0.05) is 17.5 Å². The van der Waals surface area contributed by atoms with E-state index in [-0.39, 0.29) is 30.0 Å². The molecule has 0 aliphatic rings. The van der Waals surface area contributed by atoms with Crippen LogP contribution in [0.2, 0.25) is 5.02 Å². The van der Waals surface area contributed by atoms with Gasteiger partial charge in [-0.25, -0.2) is 4.79 Å². The van der Waals surface area contributed by atoms with Crippen LogP contribution in [-0.2, 0) is 16.0 Å². The van der Waals surface area contributed by atoms with Gasteiger partial charge in [-0.05, 0) is 37.1 Å². The molecular formula is C18H17ClN2O5. The van der Waals surface area contributed by atoms with Gasteiger partial charge in [-0.15, -0.1) is 0 Å². The fourth-order valence-corrected chi connectivity index (χ4v) is 2.53. The second-order valence-electron chi connectivity index (χ2n) is 5.35. The van der Waals surface area contributed by atoms with Crippen LogP contribution < -0.4 is 5.32 Å². The lowest BCUT2D eigenvalue weighted by Gasteiger charge is -2.09. The number of esters is 1. The molecule has 1 N–H and O–H groups in total. The molecule has 0 saturated carbocycles. The minimum absolute atomic E-state index is 0.0512. The highest BCUT2D eigenvalue weighted by molar-refractivity contribution is 6.31. The Bertz CT molecular complexity index is 838. The zero-order chi connectivity index (χ0) is 19.1. The Labute approximate surface area is 155 Å². The smallest absolute Gasteiger partial charge is 0.338 e. The Morgan fingerprint density at radius 3 is 2.62 bits per heavy atom. The number of halogens is 1. The number of benzene rings is 2. The zero-order valence-corrected chi connectivity index (χ0v) is 14.8. The fraction of sp³-hybridized carbons (Fsp3) is 0.222. The first-order chi connectivity index (χ1) is 12.4. The summed E-state index contributed by atoms with van der Waals surface area (Å²) >= 11 is 6.05. The van der Waals surface area contributed by atoms with Gasteiger partial charge in [0.1, 0.15) is 5.69 Å². The molecule has 0 heterocycles. The first-order valence-electron chi connectivity index (χ1n) is 7.91. The average Bonchev–Trinajstić information content (AvgIpc) is 2.61. The molecule has 0 spiro atoms. The molecule has 0 bridgehead atoms. The molecule has 2 aromatic rings. The van der Waals surface area contributed by atoms with Crippen LogP contribution in [0, 0.1) is 10.1 Å². The molecule has 0 unspecified atom stereocenters. The molecular weight excluding hydrogens is 360 g/mol. The number of carbonyl (C=O) groups is 2. The van der Waals surface area contributed by atoms with Crippen LogP contribution in [0.15, 0.2) is 42.5 Å². The molecule has 2 rings (SSSR count). The molecule has 0 radical (unpaired) electrons. The topological polar surface area (TPSA) is 98.5 Å². The van der Waals surface area contributed by atoms with Crippen molar-refractivity contribution in [2.24, 2.45) is 0 Å². The molecule has 0 aromatic heterocycles. The number of ether oxygens (including phenoxy) is 1. The minimum atomic E-state index is -0.626. The third-order valence-electron chi connectivity index (χ3n) is 3.56. The van der Waals surface area contributed by atoms with Gasteiger partial charge >= 0.3 is 5.97 Å². The van der Waals surface area contributed by atoms with Crippen molar-refractivity contribution in [2.45, 2.75) is 19.8 Å². The van der Waals surface area contributed by atoms with E-state index < -0.39 is 16.8 Å². The second kappa shape index (κ2) is 8.96. The van der Waals surface area contributed by atoms with Gasteiger partial charge in [0.2, 0.25) is 5.91 Å². The Hall–Kier alpha value is -2.93. The SMILES string of the molecule is CCOC(=O)c1ccc([N+](=O)[O-])c(NC(=O)CCc2ccccc2Cl)c1. The van der Waals surface area contributed by atoms with Crippen molar-refractivity contribution < 1.29 is 19.2 Å². The van der Waals surface area contributed by atoms with E-state index in [0.717, 1.165) is 11.6 Å². The van der Waals surface area contributed by atoms with Crippen LogP contribution in [0.3, 0.4) is 0 Å². The zero-order valence-electron chi connectivity index (χ0n) is 14.0. The highest BCUT2D eigenvalue weighted by Gasteiger charge is 2.19. The van der Waals surface area contributed by atoms with Crippen LogP contribution in [-0.4, -0.2) is 23.4 Å². The number of rotatable bonds is 7. The van der Waals surface area contributed by atoms with E-state index in [1.54, 1.807) is 25.1 Å². The number of hydrogen-bond donors (Lipinski definition) is 1. The molecule has 0 aliphatic heterocycles. The van der Waals surface area contributed by atoms with E-state index in [0.29, 0.717) is 11.4 Å². The third-order valence-corrected chi connectivity index (χ3v) is 3.93. The first-order valence-corrected chi connectivity index (χ1v) is 8.29. The van der Waals surface area contributed by atoms with Crippen molar-refractivity contribution in [1.82, 2.24) is 0 Å². The van der Waals surface area contributed by atoms with E-state index in [2.05, 4.69) is 5.32 Å². The summed E-state index contributed by atoms with van der Waals surface area (Å²) in [6, 6.07) is 10.8. The van der Waals surface area contributed by atoms with E-state index in [1.807, 2.05) is 6.07 Å². The van der Waals surface area contributed by atoms with E-state index in [9.17, 15) is 19.7 Å². The summed E-state index contributed by atoms with van der Waals surface area (Å²) < 4.78 is 4.87. The number of nitro groups is 1. The summed E-state index contributed by atoms with van der Waals surface area (Å²) in [6.07, 6.45) is 0.474. The number of nitro benzene ring substituents is 1. The number of nitrogens with zero attached hydrogens (tertiary/aromatic N) is 1. The fourth-order valence-electron chi connectivity index (χ4n) is 2.30. The molecule has 8 heteroatoms. The standard InChI is InChI=1S/C18H17ClN2O5/c1-2-26-18(23)13-7-9-16(21(24)25)15(11-13)20-17(22)10-8-12-5-3-4-6-14(12)19/h3-7,9,11H,2,8,10H2,1H3,(H,20,22). The highest BCUT2D eigenvalue weighted by Crippen LogP contribution is 2.26. The maximum absolute atomic E-state index is 12.2. The molecule has 26 heavy (non-hydrogen) atoms. The molecule has 0 aliphatic carbocycles. The van der Waals surface area contributed by atoms with E-state index in [1.165, 1.54) is 12.1 Å². The molecule has 7 nitrogen and oxygen atoms in total. The van der Waals surface area contributed by atoms with Crippen LogP contribution in [0.4, 0.5) is 11.4 Å². The van der Waals surface area contributed by atoms with Gasteiger partial charge in [-0.1, -0.05) is 29.8 Å². The van der Waals surface area contributed by atoms with Gasteiger partial charge in [-0.3, -0.25) is 14.9 Å². The summed E-state index contributed by atoms with van der Waals surface area (Å²) in [7, 11) is 0. The van der Waals surface area contributed by atoms with Crippen molar-refractivity contribution in [3.8, 4) is 0 Å². The van der Waals surface area contributed by atoms with Gasteiger partial charge in [0.25, 0.3) is 5.69 Å². The Balaban J connectivity index is 2.14. The Morgan fingerprint density at radius 1 is 1.23 bits per heavy atom. The predicted molar refractivity (Wildman–Crippen MR) is 97.5 cm³/mol. The van der Waals surface area contributed by atoms with Crippen LogP contribution in [0.25, 0.3) is 0 Å². The summed E-state index contributed by atoms with van der Waals surface area (Å²) in [6.45, 7) is 1.83. The molecule has 0 atom stereocenters. The lowest BCUT2D eigenvalue weighted by atomic mass is 10.1. The number of aryl methyl sites for hydroxylation is 1. The lowest BCUT2D eigenvalue weighted by molar-refractivity contribution is -0.383. The van der Waals surface area contributed by atoms with E-state index in [4.69, 9.17) is 16.3 Å². The molecule has 2 aromatic carbocycles. The largest absolute Gasteiger partial charge is 0.462 e. The van der Waals surface area contributed by atoms with Crippen LogP contribution in [0.1, 0.15) is 29.3 Å². The molecule has 0 fully saturated rings. The number of anilines is 1. The van der Waals surface area contributed by atoms with Crippen molar-refractivity contribution in [3.05, 3.63) is 68.7 Å². The van der Waals surface area contributed by atoms with Gasteiger partial charge in [0.15, 0.2) is 0 Å². The summed E-state index contributed by atoms with van der Waals surface area (Å²) in [5.41, 5.74) is 0.576. The van der Waals surface area contributed by atoms with Crippen molar-refractivity contribution in [1.29, 1.82) is 0 Å². The number of carbonyl (C=O) groups excluding carboxylic acids is 2. The lowest BCUT2D eigenvalue weighted by Crippen LogP contribution is -2.14. The minimum Gasteiger partial charge on any atom is -0.462 e. The number of nitrogens with one attached hydrogen (secondary N) is 1. The maximum Gasteiger partial charge on any atom is 0.338 e. The van der Waals surface area contributed by atoms with Gasteiger partial charge < -0.3 is 10.1 Å². The number of hydrogen-bond acceptors (Lipinski definition) is 5. The third kappa shape index (κ3) is 5.03. The summed E-state index contributed by atoms with van der Waals surface area (Å²) in [5.74, 6) is -1.04. The van der Waals surface area contributed by atoms with Crippen molar-refractivity contribution >= 4 is 34.9 Å². The quantitative estimate of drug-likeness (QED) is 0.447. The molecule has 1 amide bonds. The van der Waals surface area contributed by atoms with Crippen LogP contribution in [0.5, 0.6) is 0 Å². The van der Waals surface area contributed by atoms with Gasteiger partial charge in [0.05, 0.1) is 17.1 Å². The Kier molecular flexibility index (Phi) is 6.68. The van der Waals surface area contributed by atoms with Crippen molar-refractivity contribution in [3.63, 3.8) is 0 Å². The predicted octanol–water partition coefficient (Wildman–Crippen LogP) is 4.00. The van der Waals surface area contributed by atoms with Gasteiger partial charge in [-0.2, -0.15) is 0 Å². The monoisotopic (exact) mass is 376 g/mol. The maximum atomic E-state index is 12.2. The Morgan fingerprint density at radius 2 is 1.96 bits per heavy atom. The molecule has 136 valence electrons. The van der Waals surface area contributed by atoms with Crippen LogP contribution >= 0.6 is 11.6 Å². The first kappa shape index (κ1) is 19.4. The summed E-state index contributed by atoms with van der Waals surface area (Å²) in [5, 5.41) is 14.2. The average molecular weight is 377 g/mol. The van der Waals surface area contributed by atoms with E-state index >= 15 is 0 Å². The highest BCUT2D eigenvalue weighted by atomic mass is 35.5. The van der Waals surface area contributed by atoms with Crippen molar-refractivity contribution in [2.75, 3.05) is 11.9 Å².